The zero-order chi connectivity index (χ0) is 8.97. The summed E-state index contributed by atoms with van der Waals surface area (Å²) in [6.07, 6.45) is 3.55. The van der Waals surface area contributed by atoms with Gasteiger partial charge in [-0.2, -0.15) is 0 Å². The molecule has 1 heterocycles. The predicted molar refractivity (Wildman–Crippen MR) is 55.9 cm³/mol. The van der Waals surface area contributed by atoms with Crippen molar-refractivity contribution >= 4 is 33.2 Å². The van der Waals surface area contributed by atoms with Crippen LogP contribution in [0.3, 0.4) is 0 Å². The van der Waals surface area contributed by atoms with E-state index in [1.165, 1.54) is 0 Å². The number of halogens is 2. The highest BCUT2D eigenvalue weighted by molar-refractivity contribution is 9.10. The molecule has 12 heavy (non-hydrogen) atoms. The molecule has 0 N–H and O–H groups in total. The summed E-state index contributed by atoms with van der Waals surface area (Å²) in [6.45, 7) is 0.837. The molecule has 0 aliphatic heterocycles. The molecule has 1 aromatic heterocycles. The number of anilines is 1. The molecule has 0 radical (unpaired) electrons. The molecule has 1 rings (SSSR count). The average molecular weight is 250 g/mol. The lowest BCUT2D eigenvalue weighted by molar-refractivity contribution is 0.966. The molecule has 1 aromatic rings. The number of aromatic nitrogens is 1. The first kappa shape index (κ1) is 9.81. The Morgan fingerprint density at radius 2 is 2.42 bits per heavy atom. The van der Waals surface area contributed by atoms with E-state index in [0.717, 1.165) is 16.7 Å². The Balaban J connectivity index is 2.79. The molecular weight excluding hydrogens is 239 g/mol. The van der Waals surface area contributed by atoms with Crippen molar-refractivity contribution in [2.75, 3.05) is 24.4 Å². The fourth-order valence-electron chi connectivity index (χ4n) is 0.925. The summed E-state index contributed by atoms with van der Waals surface area (Å²) in [6, 6.07) is 1.95. The Labute approximate surface area is 85.7 Å². The molecule has 2 nitrogen and oxygen atoms in total. The standard InChI is InChI=1S/C8H10BrClN2/c1-12(5-3-10)8-2-4-11-6-7(8)9/h2,4,6H,3,5H2,1H3. The van der Waals surface area contributed by atoms with E-state index in [2.05, 4.69) is 25.8 Å². The topological polar surface area (TPSA) is 16.1 Å². The second-order valence-electron chi connectivity index (χ2n) is 2.44. The molecule has 0 amide bonds. The Kier molecular flexibility index (Phi) is 3.82. The van der Waals surface area contributed by atoms with Gasteiger partial charge in [0.2, 0.25) is 0 Å². The van der Waals surface area contributed by atoms with Crippen LogP contribution in [-0.4, -0.2) is 24.5 Å². The van der Waals surface area contributed by atoms with Crippen LogP contribution < -0.4 is 4.90 Å². The van der Waals surface area contributed by atoms with Crippen LogP contribution in [0.4, 0.5) is 5.69 Å². The van der Waals surface area contributed by atoms with E-state index in [9.17, 15) is 0 Å². The number of nitrogens with zero attached hydrogens (tertiary/aromatic N) is 2. The van der Waals surface area contributed by atoms with E-state index >= 15 is 0 Å². The van der Waals surface area contributed by atoms with Crippen LogP contribution in [-0.2, 0) is 0 Å². The minimum Gasteiger partial charge on any atom is -0.372 e. The third kappa shape index (κ3) is 2.35. The summed E-state index contributed by atoms with van der Waals surface area (Å²) < 4.78 is 0.998. The van der Waals surface area contributed by atoms with Crippen molar-refractivity contribution in [3.8, 4) is 0 Å². The fourth-order valence-corrected chi connectivity index (χ4v) is 1.73. The van der Waals surface area contributed by atoms with E-state index in [1.807, 2.05) is 13.1 Å². The van der Waals surface area contributed by atoms with E-state index in [4.69, 9.17) is 11.6 Å². The quantitative estimate of drug-likeness (QED) is 0.765. The first-order valence-corrected chi connectivity index (χ1v) is 4.95. The first-order valence-electron chi connectivity index (χ1n) is 3.62. The number of pyridine rings is 1. The van der Waals surface area contributed by atoms with E-state index in [1.54, 1.807) is 12.4 Å². The van der Waals surface area contributed by atoms with Gasteiger partial charge in [0.15, 0.2) is 0 Å². The molecule has 0 saturated carbocycles. The van der Waals surface area contributed by atoms with E-state index < -0.39 is 0 Å². The van der Waals surface area contributed by atoms with Gasteiger partial charge in [-0.3, -0.25) is 4.98 Å². The lowest BCUT2D eigenvalue weighted by Crippen LogP contribution is -2.19. The van der Waals surface area contributed by atoms with Crippen molar-refractivity contribution in [2.24, 2.45) is 0 Å². The van der Waals surface area contributed by atoms with Gasteiger partial charge in [-0.25, -0.2) is 0 Å². The molecule has 0 aliphatic rings. The Bertz CT molecular complexity index is 255. The van der Waals surface area contributed by atoms with Gasteiger partial charge < -0.3 is 4.90 Å². The highest BCUT2D eigenvalue weighted by Crippen LogP contribution is 2.23. The molecule has 0 aromatic carbocycles. The maximum atomic E-state index is 5.63. The number of alkyl halides is 1. The summed E-state index contributed by atoms with van der Waals surface area (Å²) in [5, 5.41) is 0. The fraction of sp³-hybridized carbons (Fsp3) is 0.375. The molecule has 0 bridgehead atoms. The smallest absolute Gasteiger partial charge is 0.0592 e. The number of rotatable bonds is 3. The summed E-state index contributed by atoms with van der Waals surface area (Å²) in [5.74, 6) is 0.630. The average Bonchev–Trinajstić information content (AvgIpc) is 2.05. The molecule has 66 valence electrons. The molecule has 0 fully saturated rings. The molecular formula is C8H10BrClN2. The van der Waals surface area contributed by atoms with Gasteiger partial charge >= 0.3 is 0 Å². The van der Waals surface area contributed by atoms with Crippen molar-refractivity contribution in [3.05, 3.63) is 22.9 Å². The molecule has 0 aliphatic carbocycles. The van der Waals surface area contributed by atoms with Crippen LogP contribution in [0.1, 0.15) is 0 Å². The monoisotopic (exact) mass is 248 g/mol. The minimum absolute atomic E-state index is 0.630. The Morgan fingerprint density at radius 1 is 1.67 bits per heavy atom. The molecule has 0 saturated heterocycles. The van der Waals surface area contributed by atoms with Crippen molar-refractivity contribution in [3.63, 3.8) is 0 Å². The summed E-state index contributed by atoms with van der Waals surface area (Å²) in [4.78, 5) is 6.06. The first-order chi connectivity index (χ1) is 5.75. The van der Waals surface area contributed by atoms with Gasteiger partial charge in [-0.05, 0) is 22.0 Å². The van der Waals surface area contributed by atoms with Crippen LogP contribution in [0, 0.1) is 0 Å². The van der Waals surface area contributed by atoms with Gasteiger partial charge in [0, 0.05) is 31.9 Å². The summed E-state index contributed by atoms with van der Waals surface area (Å²) in [7, 11) is 2.00. The van der Waals surface area contributed by atoms with Gasteiger partial charge in [-0.15, -0.1) is 11.6 Å². The minimum atomic E-state index is 0.630. The van der Waals surface area contributed by atoms with Gasteiger partial charge in [-0.1, -0.05) is 0 Å². The highest BCUT2D eigenvalue weighted by atomic mass is 79.9. The van der Waals surface area contributed by atoms with Gasteiger partial charge in [0.25, 0.3) is 0 Å². The molecule has 4 heteroatoms. The van der Waals surface area contributed by atoms with Crippen molar-refractivity contribution in [1.82, 2.24) is 4.98 Å². The lowest BCUT2D eigenvalue weighted by Gasteiger charge is -2.18. The second kappa shape index (κ2) is 4.67. The molecule has 0 spiro atoms. The number of hydrogen-bond donors (Lipinski definition) is 0. The normalized spacial score (nSPS) is 9.92. The Morgan fingerprint density at radius 3 is 3.00 bits per heavy atom. The second-order valence-corrected chi connectivity index (χ2v) is 3.67. The SMILES string of the molecule is CN(CCCl)c1ccncc1Br. The maximum absolute atomic E-state index is 5.63. The van der Waals surface area contributed by atoms with Crippen LogP contribution >= 0.6 is 27.5 Å². The van der Waals surface area contributed by atoms with E-state index in [0.29, 0.717) is 5.88 Å². The third-order valence-electron chi connectivity index (χ3n) is 1.58. The highest BCUT2D eigenvalue weighted by Gasteiger charge is 2.03. The van der Waals surface area contributed by atoms with E-state index in [-0.39, 0.29) is 0 Å². The lowest BCUT2D eigenvalue weighted by atomic mass is 10.4. The van der Waals surface area contributed by atoms with Gasteiger partial charge in [0.05, 0.1) is 10.2 Å². The molecule has 0 atom stereocenters. The van der Waals surface area contributed by atoms with Crippen molar-refractivity contribution in [1.29, 1.82) is 0 Å². The van der Waals surface area contributed by atoms with Crippen LogP contribution in [0.25, 0.3) is 0 Å². The van der Waals surface area contributed by atoms with Crippen LogP contribution in [0.2, 0.25) is 0 Å². The van der Waals surface area contributed by atoms with Crippen molar-refractivity contribution < 1.29 is 0 Å². The Hall–Kier alpha value is -0.280. The zero-order valence-corrected chi connectivity index (χ0v) is 9.14. The van der Waals surface area contributed by atoms with Crippen LogP contribution in [0.5, 0.6) is 0 Å². The predicted octanol–water partition coefficient (Wildman–Crippen LogP) is 2.52. The number of hydrogen-bond acceptors (Lipinski definition) is 2. The van der Waals surface area contributed by atoms with Crippen LogP contribution in [0.15, 0.2) is 22.9 Å². The van der Waals surface area contributed by atoms with Crippen molar-refractivity contribution in [2.45, 2.75) is 0 Å². The summed E-state index contributed by atoms with van der Waals surface area (Å²) in [5.41, 5.74) is 1.12. The molecule has 0 unspecified atom stereocenters. The van der Waals surface area contributed by atoms with Gasteiger partial charge in [0.1, 0.15) is 0 Å². The summed E-state index contributed by atoms with van der Waals surface area (Å²) >= 11 is 9.05. The third-order valence-corrected chi connectivity index (χ3v) is 2.36. The largest absolute Gasteiger partial charge is 0.372 e. The maximum Gasteiger partial charge on any atom is 0.0592 e. The zero-order valence-electron chi connectivity index (χ0n) is 6.80.